The van der Waals surface area contributed by atoms with Gasteiger partial charge in [0.25, 0.3) is 0 Å². The number of para-hydroxylation sites is 2. The average molecular weight is 290 g/mol. The third-order valence-corrected chi connectivity index (χ3v) is 3.94. The van der Waals surface area contributed by atoms with E-state index < -0.39 is 0 Å². The van der Waals surface area contributed by atoms with Crippen LogP contribution in [-0.4, -0.2) is 13.3 Å². The molecular weight excluding hydrogens is 276 g/mol. The first-order valence-electron chi connectivity index (χ1n) is 7.09. The van der Waals surface area contributed by atoms with E-state index in [1.54, 1.807) is 6.21 Å². The molecule has 0 saturated carbocycles. The summed E-state index contributed by atoms with van der Waals surface area (Å²) in [6.07, 6.45) is 1.60. The lowest BCUT2D eigenvalue weighted by molar-refractivity contribution is 0.603. The Morgan fingerprint density at radius 2 is 1.95 bits per heavy atom. The smallest absolute Gasteiger partial charge is 0.213 e. The van der Waals surface area contributed by atoms with Crippen molar-refractivity contribution in [3.63, 3.8) is 0 Å². The number of hydrogen-bond donors (Lipinski definition) is 0. The molecule has 1 aromatic heterocycles. The molecule has 3 aromatic rings. The second-order valence-corrected chi connectivity index (χ2v) is 5.46. The van der Waals surface area contributed by atoms with Crippen molar-refractivity contribution in [2.24, 2.45) is 4.99 Å². The number of rotatable bonds is 0. The van der Waals surface area contributed by atoms with E-state index in [9.17, 15) is 4.79 Å². The van der Waals surface area contributed by atoms with Gasteiger partial charge in [0.2, 0.25) is 11.3 Å². The van der Waals surface area contributed by atoms with Crippen LogP contribution in [0.15, 0.2) is 56.7 Å². The Hall–Kier alpha value is -2.88. The molecule has 1 aliphatic heterocycles. The lowest BCUT2D eigenvalue weighted by atomic mass is 10.1. The van der Waals surface area contributed by atoms with Gasteiger partial charge >= 0.3 is 0 Å². The van der Waals surface area contributed by atoms with E-state index in [1.165, 1.54) is 0 Å². The molecule has 2 aromatic carbocycles. The molecule has 0 fully saturated rings. The molecule has 1 aliphatic rings. The Kier molecular flexibility index (Phi) is 2.66. The van der Waals surface area contributed by atoms with E-state index in [0.29, 0.717) is 22.4 Å². The molecule has 4 nitrogen and oxygen atoms in total. The van der Waals surface area contributed by atoms with Crippen LogP contribution >= 0.6 is 0 Å². The van der Waals surface area contributed by atoms with Crippen LogP contribution in [0.25, 0.3) is 11.0 Å². The monoisotopic (exact) mass is 290 g/mol. The van der Waals surface area contributed by atoms with Gasteiger partial charge in [-0.25, -0.2) is 0 Å². The van der Waals surface area contributed by atoms with Crippen molar-refractivity contribution in [2.45, 2.75) is 6.92 Å². The maximum Gasteiger partial charge on any atom is 0.213 e. The molecule has 0 saturated heterocycles. The van der Waals surface area contributed by atoms with Crippen LogP contribution in [0.1, 0.15) is 11.1 Å². The van der Waals surface area contributed by atoms with E-state index in [0.717, 1.165) is 16.9 Å². The first kappa shape index (κ1) is 12.8. The lowest BCUT2D eigenvalue weighted by Gasteiger charge is -2.19. The summed E-state index contributed by atoms with van der Waals surface area (Å²) in [5.41, 5.74) is 3.78. The molecule has 0 atom stereocenters. The van der Waals surface area contributed by atoms with Crippen LogP contribution < -0.4 is 10.3 Å². The van der Waals surface area contributed by atoms with E-state index in [-0.39, 0.29) is 5.43 Å². The van der Waals surface area contributed by atoms with Crippen molar-refractivity contribution >= 4 is 34.4 Å². The second kappa shape index (κ2) is 4.56. The van der Waals surface area contributed by atoms with E-state index in [2.05, 4.69) is 4.99 Å². The molecular formula is C18H14N2O2. The molecule has 4 heteroatoms. The van der Waals surface area contributed by atoms with Gasteiger partial charge in [-0.15, -0.1) is 0 Å². The fourth-order valence-electron chi connectivity index (χ4n) is 2.78. The highest BCUT2D eigenvalue weighted by Crippen LogP contribution is 2.36. The minimum atomic E-state index is -0.0524. The van der Waals surface area contributed by atoms with Gasteiger partial charge in [0.15, 0.2) is 0 Å². The predicted octanol–water partition coefficient (Wildman–Crippen LogP) is 3.93. The largest absolute Gasteiger partial charge is 0.439 e. The topological polar surface area (TPSA) is 45.8 Å². The molecule has 0 aliphatic carbocycles. The summed E-state index contributed by atoms with van der Waals surface area (Å²) >= 11 is 0. The Morgan fingerprint density at radius 3 is 2.82 bits per heavy atom. The van der Waals surface area contributed by atoms with Crippen LogP contribution in [0, 0.1) is 6.92 Å². The standard InChI is InChI=1S/C18H14N2O2/c1-11-7-8-16-12(9-11)17(21)13-10-19-14-5-3-4-6-15(14)20(2)18(13)22-16/h3-10H,1-2H3. The van der Waals surface area contributed by atoms with Gasteiger partial charge in [0, 0.05) is 13.3 Å². The van der Waals surface area contributed by atoms with Gasteiger partial charge in [-0.3, -0.25) is 9.79 Å². The summed E-state index contributed by atoms with van der Waals surface area (Å²) in [6.45, 7) is 1.96. The van der Waals surface area contributed by atoms with Gasteiger partial charge in [-0.05, 0) is 31.2 Å². The Bertz CT molecular complexity index is 986. The van der Waals surface area contributed by atoms with Crippen LogP contribution in [0.2, 0.25) is 0 Å². The molecule has 4 rings (SSSR count). The summed E-state index contributed by atoms with van der Waals surface area (Å²) in [5, 5.41) is 0.588. The summed E-state index contributed by atoms with van der Waals surface area (Å²) < 4.78 is 6.00. The van der Waals surface area contributed by atoms with E-state index in [4.69, 9.17) is 4.42 Å². The predicted molar refractivity (Wildman–Crippen MR) is 89.0 cm³/mol. The number of hydrogen-bond acceptors (Lipinski definition) is 4. The van der Waals surface area contributed by atoms with Gasteiger partial charge in [0.1, 0.15) is 11.1 Å². The fraction of sp³-hybridized carbons (Fsp3) is 0.111. The first-order valence-corrected chi connectivity index (χ1v) is 7.09. The summed E-state index contributed by atoms with van der Waals surface area (Å²) in [4.78, 5) is 19.1. The van der Waals surface area contributed by atoms with Crippen molar-refractivity contribution in [2.75, 3.05) is 11.9 Å². The fourth-order valence-corrected chi connectivity index (χ4v) is 2.78. The highest BCUT2D eigenvalue weighted by Gasteiger charge is 2.21. The summed E-state index contributed by atoms with van der Waals surface area (Å²) in [7, 11) is 1.88. The van der Waals surface area contributed by atoms with Crippen molar-refractivity contribution in [3.8, 4) is 0 Å². The number of aryl methyl sites for hydroxylation is 1. The summed E-state index contributed by atoms with van der Waals surface area (Å²) in [6, 6.07) is 13.4. The maximum absolute atomic E-state index is 12.8. The minimum Gasteiger partial charge on any atom is -0.439 e. The minimum absolute atomic E-state index is 0.0524. The van der Waals surface area contributed by atoms with Gasteiger partial charge < -0.3 is 9.32 Å². The van der Waals surface area contributed by atoms with E-state index >= 15 is 0 Å². The SMILES string of the molecule is Cc1ccc2oc3c(c(=O)c2c1)C=Nc1ccccc1N3C. The molecule has 0 radical (unpaired) electrons. The Balaban J connectivity index is 2.09. The molecule has 0 amide bonds. The summed E-state index contributed by atoms with van der Waals surface area (Å²) in [5.74, 6) is 0.523. The molecule has 0 spiro atoms. The zero-order valence-corrected chi connectivity index (χ0v) is 12.3. The number of nitrogens with zero attached hydrogens (tertiary/aromatic N) is 2. The van der Waals surface area contributed by atoms with Crippen molar-refractivity contribution in [3.05, 3.63) is 63.8 Å². The van der Waals surface area contributed by atoms with Crippen LogP contribution in [-0.2, 0) is 0 Å². The van der Waals surface area contributed by atoms with Crippen molar-refractivity contribution in [1.29, 1.82) is 0 Å². The molecule has 0 unspecified atom stereocenters. The first-order chi connectivity index (χ1) is 10.6. The molecule has 2 heterocycles. The molecule has 108 valence electrons. The number of anilines is 2. The molecule has 0 bridgehead atoms. The highest BCUT2D eigenvalue weighted by atomic mass is 16.4. The third kappa shape index (κ3) is 1.77. The molecule has 22 heavy (non-hydrogen) atoms. The Morgan fingerprint density at radius 1 is 1.14 bits per heavy atom. The zero-order chi connectivity index (χ0) is 15.3. The number of benzene rings is 2. The van der Waals surface area contributed by atoms with Crippen LogP contribution in [0.4, 0.5) is 17.3 Å². The van der Waals surface area contributed by atoms with Gasteiger partial charge in [0.05, 0.1) is 16.8 Å². The van der Waals surface area contributed by atoms with Gasteiger partial charge in [-0.2, -0.15) is 0 Å². The van der Waals surface area contributed by atoms with Crippen LogP contribution in [0.3, 0.4) is 0 Å². The van der Waals surface area contributed by atoms with Crippen molar-refractivity contribution in [1.82, 2.24) is 0 Å². The quantitative estimate of drug-likeness (QED) is 0.630. The Labute approximate surface area is 127 Å². The number of aliphatic imine (C=N–C) groups is 1. The number of fused-ring (bicyclic) bond motifs is 3. The maximum atomic E-state index is 12.8. The zero-order valence-electron chi connectivity index (χ0n) is 12.3. The van der Waals surface area contributed by atoms with Gasteiger partial charge in [-0.1, -0.05) is 23.8 Å². The molecule has 0 N–H and O–H groups in total. The third-order valence-electron chi connectivity index (χ3n) is 3.94. The average Bonchev–Trinajstić information content (AvgIpc) is 2.67. The second-order valence-electron chi connectivity index (χ2n) is 5.46. The normalized spacial score (nSPS) is 12.9. The van der Waals surface area contributed by atoms with Crippen molar-refractivity contribution < 1.29 is 4.42 Å². The lowest BCUT2D eigenvalue weighted by Crippen LogP contribution is -2.17. The van der Waals surface area contributed by atoms with E-state index in [1.807, 2.05) is 61.3 Å². The highest BCUT2D eigenvalue weighted by molar-refractivity contribution is 5.97. The van der Waals surface area contributed by atoms with Crippen LogP contribution in [0.5, 0.6) is 0 Å².